The first-order valence-corrected chi connectivity index (χ1v) is 6.90. The fourth-order valence-corrected chi connectivity index (χ4v) is 2.89. The summed E-state index contributed by atoms with van der Waals surface area (Å²) in [7, 11) is 3.56. The van der Waals surface area contributed by atoms with E-state index in [9.17, 15) is 4.79 Å². The lowest BCUT2D eigenvalue weighted by Gasteiger charge is -2.09. The molecule has 1 aromatic carbocycles. The molecule has 3 heterocycles. The number of hydrogen-bond donors (Lipinski definition) is 0. The quantitative estimate of drug-likeness (QED) is 0.537. The SMILES string of the molecule is Cn1ncc2c3nncc(-c4ccccc4)c3c(=O)n(C)c21. The van der Waals surface area contributed by atoms with Gasteiger partial charge in [0.1, 0.15) is 11.2 Å². The van der Waals surface area contributed by atoms with E-state index in [-0.39, 0.29) is 5.56 Å². The standard InChI is InChI=1S/C16H13N5O/c1-20-15-12(9-18-21(15)2)14-13(16(20)22)11(8-17-19-14)10-6-4-3-5-7-10/h3-9H,1-2H3. The van der Waals surface area contributed by atoms with Crippen molar-refractivity contribution in [2.45, 2.75) is 0 Å². The average molecular weight is 291 g/mol. The number of rotatable bonds is 1. The molecule has 108 valence electrons. The molecular formula is C16H13N5O. The summed E-state index contributed by atoms with van der Waals surface area (Å²) in [5.74, 6) is 0. The third-order valence-electron chi connectivity index (χ3n) is 3.93. The minimum atomic E-state index is -0.0974. The van der Waals surface area contributed by atoms with Crippen LogP contribution in [0.5, 0.6) is 0 Å². The van der Waals surface area contributed by atoms with Crippen molar-refractivity contribution >= 4 is 21.9 Å². The van der Waals surface area contributed by atoms with Crippen LogP contribution in [0, 0.1) is 0 Å². The minimum Gasteiger partial charge on any atom is -0.295 e. The van der Waals surface area contributed by atoms with Gasteiger partial charge in [-0.3, -0.25) is 14.0 Å². The molecule has 0 amide bonds. The number of aryl methyl sites for hydroxylation is 2. The highest BCUT2D eigenvalue weighted by Crippen LogP contribution is 2.27. The van der Waals surface area contributed by atoms with E-state index in [1.165, 1.54) is 0 Å². The van der Waals surface area contributed by atoms with Gasteiger partial charge in [0.15, 0.2) is 0 Å². The predicted octanol–water partition coefficient (Wildman–Crippen LogP) is 1.88. The van der Waals surface area contributed by atoms with Crippen LogP contribution in [-0.4, -0.2) is 24.5 Å². The minimum absolute atomic E-state index is 0.0974. The maximum atomic E-state index is 12.8. The van der Waals surface area contributed by atoms with Gasteiger partial charge >= 0.3 is 0 Å². The normalized spacial score (nSPS) is 11.4. The molecular weight excluding hydrogens is 278 g/mol. The lowest BCUT2D eigenvalue weighted by Crippen LogP contribution is -2.20. The topological polar surface area (TPSA) is 65.6 Å². The van der Waals surface area contributed by atoms with Crippen molar-refractivity contribution in [3.05, 3.63) is 53.1 Å². The summed E-state index contributed by atoms with van der Waals surface area (Å²) in [6, 6.07) is 9.74. The van der Waals surface area contributed by atoms with E-state index < -0.39 is 0 Å². The molecule has 0 bridgehead atoms. The van der Waals surface area contributed by atoms with Crippen LogP contribution in [0.1, 0.15) is 0 Å². The lowest BCUT2D eigenvalue weighted by molar-refractivity contribution is 0.749. The third kappa shape index (κ3) is 1.60. The molecule has 0 atom stereocenters. The Morgan fingerprint density at radius 3 is 2.59 bits per heavy atom. The Bertz CT molecular complexity index is 1060. The van der Waals surface area contributed by atoms with Gasteiger partial charge in [0.05, 0.1) is 23.2 Å². The van der Waals surface area contributed by atoms with Crippen LogP contribution < -0.4 is 5.56 Å². The zero-order chi connectivity index (χ0) is 15.3. The van der Waals surface area contributed by atoms with Crippen molar-refractivity contribution in [1.29, 1.82) is 0 Å². The van der Waals surface area contributed by atoms with Crippen molar-refractivity contribution in [3.63, 3.8) is 0 Å². The summed E-state index contributed by atoms with van der Waals surface area (Å²) in [6.45, 7) is 0. The molecule has 0 fully saturated rings. The number of fused-ring (bicyclic) bond motifs is 3. The molecule has 0 aliphatic carbocycles. The zero-order valence-corrected chi connectivity index (χ0v) is 12.2. The van der Waals surface area contributed by atoms with E-state index >= 15 is 0 Å². The van der Waals surface area contributed by atoms with Crippen LogP contribution in [-0.2, 0) is 14.1 Å². The van der Waals surface area contributed by atoms with E-state index in [0.29, 0.717) is 10.9 Å². The van der Waals surface area contributed by atoms with E-state index in [4.69, 9.17) is 0 Å². The summed E-state index contributed by atoms with van der Waals surface area (Å²) in [5.41, 5.74) is 2.96. The van der Waals surface area contributed by atoms with Crippen LogP contribution in [0.2, 0.25) is 0 Å². The maximum Gasteiger partial charge on any atom is 0.262 e. The Labute approximate surface area is 125 Å². The number of pyridine rings is 1. The highest BCUT2D eigenvalue weighted by molar-refractivity contribution is 6.06. The van der Waals surface area contributed by atoms with Gasteiger partial charge in [-0.25, -0.2) is 0 Å². The molecule has 0 spiro atoms. The van der Waals surface area contributed by atoms with Crippen LogP contribution in [0.3, 0.4) is 0 Å². The Morgan fingerprint density at radius 2 is 1.82 bits per heavy atom. The zero-order valence-electron chi connectivity index (χ0n) is 12.2. The van der Waals surface area contributed by atoms with Crippen molar-refractivity contribution in [2.75, 3.05) is 0 Å². The molecule has 0 radical (unpaired) electrons. The molecule has 6 nitrogen and oxygen atoms in total. The van der Waals surface area contributed by atoms with E-state index in [1.807, 2.05) is 37.4 Å². The van der Waals surface area contributed by atoms with Gasteiger partial charge in [-0.05, 0) is 5.56 Å². The smallest absolute Gasteiger partial charge is 0.262 e. The maximum absolute atomic E-state index is 12.8. The Hall–Kier alpha value is -3.02. The second-order valence-electron chi connectivity index (χ2n) is 5.22. The molecule has 6 heteroatoms. The highest BCUT2D eigenvalue weighted by Gasteiger charge is 2.17. The first-order chi connectivity index (χ1) is 10.7. The van der Waals surface area contributed by atoms with Crippen LogP contribution in [0.4, 0.5) is 0 Å². The second-order valence-corrected chi connectivity index (χ2v) is 5.22. The van der Waals surface area contributed by atoms with Crippen molar-refractivity contribution in [2.24, 2.45) is 14.1 Å². The van der Waals surface area contributed by atoms with Crippen molar-refractivity contribution in [1.82, 2.24) is 24.5 Å². The molecule has 0 N–H and O–H groups in total. The van der Waals surface area contributed by atoms with Gasteiger partial charge < -0.3 is 0 Å². The average Bonchev–Trinajstić information content (AvgIpc) is 2.95. The number of hydrogen-bond acceptors (Lipinski definition) is 4. The van der Waals surface area contributed by atoms with Gasteiger partial charge in [-0.15, -0.1) is 5.10 Å². The van der Waals surface area contributed by atoms with Crippen LogP contribution in [0.25, 0.3) is 33.1 Å². The number of aromatic nitrogens is 5. The van der Waals surface area contributed by atoms with Gasteiger partial charge in [0.25, 0.3) is 5.56 Å². The van der Waals surface area contributed by atoms with E-state index in [0.717, 1.165) is 22.2 Å². The molecule has 0 unspecified atom stereocenters. The van der Waals surface area contributed by atoms with Crippen molar-refractivity contribution in [3.8, 4) is 11.1 Å². The van der Waals surface area contributed by atoms with Crippen LogP contribution in [0.15, 0.2) is 47.5 Å². The summed E-state index contributed by atoms with van der Waals surface area (Å²) in [5, 5.41) is 13.9. The van der Waals surface area contributed by atoms with Gasteiger partial charge in [0.2, 0.25) is 0 Å². The molecule has 22 heavy (non-hydrogen) atoms. The Kier molecular flexibility index (Phi) is 2.59. The first-order valence-electron chi connectivity index (χ1n) is 6.90. The summed E-state index contributed by atoms with van der Waals surface area (Å²) in [4.78, 5) is 12.8. The molecule has 0 saturated heterocycles. The summed E-state index contributed by atoms with van der Waals surface area (Å²) >= 11 is 0. The molecule has 0 saturated carbocycles. The Morgan fingerprint density at radius 1 is 1.05 bits per heavy atom. The van der Waals surface area contributed by atoms with E-state index in [1.54, 1.807) is 28.7 Å². The Balaban J connectivity index is 2.25. The van der Waals surface area contributed by atoms with E-state index in [2.05, 4.69) is 15.3 Å². The predicted molar refractivity (Wildman–Crippen MR) is 84.5 cm³/mol. The molecule has 4 rings (SSSR count). The molecule has 3 aromatic heterocycles. The second kappa shape index (κ2) is 4.49. The fourth-order valence-electron chi connectivity index (χ4n) is 2.89. The third-order valence-corrected chi connectivity index (χ3v) is 3.93. The highest BCUT2D eigenvalue weighted by atomic mass is 16.1. The fraction of sp³-hybridized carbons (Fsp3) is 0.125. The van der Waals surface area contributed by atoms with Gasteiger partial charge in [-0.2, -0.15) is 10.2 Å². The lowest BCUT2D eigenvalue weighted by atomic mass is 10.0. The summed E-state index contributed by atoms with van der Waals surface area (Å²) < 4.78 is 3.28. The van der Waals surface area contributed by atoms with Gasteiger partial charge in [0, 0.05) is 19.7 Å². The van der Waals surface area contributed by atoms with Crippen LogP contribution >= 0.6 is 0 Å². The molecule has 0 aliphatic heterocycles. The molecule has 4 aromatic rings. The largest absolute Gasteiger partial charge is 0.295 e. The van der Waals surface area contributed by atoms with Gasteiger partial charge in [-0.1, -0.05) is 30.3 Å². The number of benzene rings is 1. The monoisotopic (exact) mass is 291 g/mol. The van der Waals surface area contributed by atoms with Crippen molar-refractivity contribution < 1.29 is 0 Å². The first kappa shape index (κ1) is 12.7. The number of nitrogens with zero attached hydrogens (tertiary/aromatic N) is 5. The summed E-state index contributed by atoms with van der Waals surface area (Å²) in [6.07, 6.45) is 3.36. The molecule has 0 aliphatic rings.